The minimum atomic E-state index is -1.49. The fourth-order valence-corrected chi connectivity index (χ4v) is 5.59. The maximum absolute atomic E-state index is 8.61. The van der Waals surface area contributed by atoms with E-state index in [-0.39, 0.29) is 20.1 Å². The van der Waals surface area contributed by atoms with Gasteiger partial charge in [-0.25, -0.2) is 0 Å². The van der Waals surface area contributed by atoms with Crippen LogP contribution in [0.1, 0.15) is 40.2 Å². The Kier molecular flexibility index (Phi) is 7.98. The van der Waals surface area contributed by atoms with Crippen LogP contribution in [0, 0.1) is 31.4 Å². The maximum Gasteiger partial charge on any atom is 0.129 e. The molecule has 1 radical (unpaired) electrons. The molecular formula is C37H32IrN2OS-2. The molecule has 0 N–H and O–H groups in total. The molecule has 7 aromatic rings. The molecule has 0 bridgehead atoms. The first-order valence-electron chi connectivity index (χ1n) is 14.6. The fourth-order valence-electron chi connectivity index (χ4n) is 4.80. The Hall–Kier alpha value is -3.63. The van der Waals surface area contributed by atoms with Gasteiger partial charge in [0.25, 0.3) is 0 Å². The number of aryl methyl sites for hydroxylation is 2. The van der Waals surface area contributed by atoms with Crippen molar-refractivity contribution in [2.24, 2.45) is 5.41 Å². The van der Waals surface area contributed by atoms with Crippen LogP contribution in [0.3, 0.4) is 0 Å². The Bertz CT molecular complexity index is 2010. The van der Waals surface area contributed by atoms with E-state index in [9.17, 15) is 0 Å². The molecule has 3 nitrogen and oxygen atoms in total. The van der Waals surface area contributed by atoms with E-state index in [4.69, 9.17) is 7.16 Å². The number of hydrogen-bond acceptors (Lipinski definition) is 4. The monoisotopic (exact) mass is 747 g/mol. The summed E-state index contributed by atoms with van der Waals surface area (Å²) < 4.78 is 24.8. The van der Waals surface area contributed by atoms with Gasteiger partial charge in [-0.15, -0.1) is 64.9 Å². The van der Waals surface area contributed by atoms with Gasteiger partial charge >= 0.3 is 0 Å². The van der Waals surface area contributed by atoms with E-state index >= 15 is 0 Å². The van der Waals surface area contributed by atoms with Crippen molar-refractivity contribution in [3.8, 4) is 22.5 Å². The summed E-state index contributed by atoms with van der Waals surface area (Å²) in [6, 6.07) is 30.5. The third-order valence-electron chi connectivity index (χ3n) is 6.72. The van der Waals surface area contributed by atoms with Crippen molar-refractivity contribution in [2.75, 3.05) is 0 Å². The van der Waals surface area contributed by atoms with Crippen LogP contribution in [0.4, 0.5) is 0 Å². The van der Waals surface area contributed by atoms with Crippen LogP contribution < -0.4 is 0 Å². The van der Waals surface area contributed by atoms with Gasteiger partial charge < -0.3 is 14.4 Å². The van der Waals surface area contributed by atoms with Gasteiger partial charge in [-0.2, -0.15) is 0 Å². The summed E-state index contributed by atoms with van der Waals surface area (Å²) >= 11 is 1.70. The summed E-state index contributed by atoms with van der Waals surface area (Å²) in [7, 11) is 0. The van der Waals surface area contributed by atoms with Crippen molar-refractivity contribution >= 4 is 43.4 Å². The zero-order valence-corrected chi connectivity index (χ0v) is 27.4. The van der Waals surface area contributed by atoms with Crippen LogP contribution in [0.15, 0.2) is 95.0 Å². The van der Waals surface area contributed by atoms with E-state index in [1.54, 1.807) is 23.6 Å². The van der Waals surface area contributed by atoms with Gasteiger partial charge in [-0.3, -0.25) is 0 Å². The van der Waals surface area contributed by atoms with Crippen molar-refractivity contribution < 1.29 is 27.3 Å². The van der Waals surface area contributed by atoms with Crippen LogP contribution in [-0.4, -0.2) is 9.97 Å². The van der Waals surface area contributed by atoms with Crippen molar-refractivity contribution in [3.63, 3.8) is 0 Å². The first-order chi connectivity index (χ1) is 20.5. The molecule has 0 aliphatic carbocycles. The second-order valence-electron chi connectivity index (χ2n) is 11.3. The van der Waals surface area contributed by atoms with Crippen LogP contribution in [0.2, 0.25) is 0 Å². The first kappa shape index (κ1) is 27.2. The van der Waals surface area contributed by atoms with Gasteiger partial charge in [0, 0.05) is 50.7 Å². The summed E-state index contributed by atoms with van der Waals surface area (Å²) in [6.07, 6.45) is 2.05. The summed E-state index contributed by atoms with van der Waals surface area (Å²) in [5.74, 6) is 0. The summed E-state index contributed by atoms with van der Waals surface area (Å²) in [5.41, 5.74) is 7.55. The molecule has 0 atom stereocenters. The molecule has 213 valence electrons. The molecule has 0 amide bonds. The maximum atomic E-state index is 8.61. The number of hydrogen-bond donors (Lipinski definition) is 0. The fraction of sp³-hybridized carbons (Fsp3) is 0.189. The molecule has 0 aliphatic heterocycles. The third-order valence-corrected chi connectivity index (χ3v) is 7.60. The Labute approximate surface area is 267 Å². The average Bonchev–Trinajstić information content (AvgIpc) is 3.63. The summed E-state index contributed by atoms with van der Waals surface area (Å²) in [4.78, 5) is 8.87. The normalized spacial score (nSPS) is 12.4. The molecule has 0 unspecified atom stereocenters. The molecule has 42 heavy (non-hydrogen) atoms. The van der Waals surface area contributed by atoms with Crippen LogP contribution in [-0.2, 0) is 26.5 Å². The quantitative estimate of drug-likeness (QED) is 0.169. The molecule has 0 saturated heterocycles. The number of aromatic nitrogens is 2. The molecule has 4 aromatic heterocycles. The first-order valence-corrected chi connectivity index (χ1v) is 14.5. The number of rotatable bonds is 3. The van der Waals surface area contributed by atoms with Gasteiger partial charge in [0.05, 0.1) is 5.58 Å². The van der Waals surface area contributed by atoms with Gasteiger partial charge in [0.1, 0.15) is 5.58 Å². The number of benzene rings is 3. The molecule has 3 aromatic carbocycles. The van der Waals surface area contributed by atoms with E-state index in [0.717, 1.165) is 44.1 Å². The van der Waals surface area contributed by atoms with Gasteiger partial charge in [-0.1, -0.05) is 68.5 Å². The molecule has 0 fully saturated rings. The minimum Gasteiger partial charge on any atom is -0.500 e. The molecule has 7 rings (SSSR count). The largest absolute Gasteiger partial charge is 0.500 e. The van der Waals surface area contributed by atoms with E-state index in [1.807, 2.05) is 70.3 Å². The van der Waals surface area contributed by atoms with Crippen LogP contribution in [0.25, 0.3) is 54.5 Å². The Balaban J connectivity index is 0.000000216. The SMILES string of the molecule is Cc1c[c-]c(-c2ccc(C)cn2)cc1.[2H]C([2H])(c1ccnc(-c2[c-]ccc3c2oc2c4ccsc4ccc32)c1)C(C)(C)C.[Ir]. The van der Waals surface area contributed by atoms with Crippen LogP contribution in [0.5, 0.6) is 0 Å². The number of fused-ring (bicyclic) bond motifs is 5. The topological polar surface area (TPSA) is 38.9 Å². The van der Waals surface area contributed by atoms with E-state index in [1.165, 1.54) is 15.8 Å². The van der Waals surface area contributed by atoms with Crippen molar-refractivity contribution in [3.05, 3.63) is 119 Å². The molecule has 0 spiro atoms. The van der Waals surface area contributed by atoms with Gasteiger partial charge in [-0.05, 0) is 59.2 Å². The van der Waals surface area contributed by atoms with Gasteiger partial charge in [0.15, 0.2) is 0 Å². The third kappa shape index (κ3) is 6.39. The zero-order chi connectivity index (χ0) is 30.4. The molecule has 0 aliphatic rings. The molecule has 0 saturated carbocycles. The number of pyridine rings is 2. The minimum absolute atomic E-state index is 0. The van der Waals surface area contributed by atoms with Gasteiger partial charge in [0.2, 0.25) is 0 Å². The standard InChI is InChI=1S/C24H20NOS.C13H12N.Ir/c1-24(2,3)14-15-9-11-25-20(13-15)18-6-4-5-16-17-7-8-21-19(10-12-27-21)23(17)26-22(16)18;1-10-3-6-12(7-4-10)13-8-5-11(2)9-14-13;/h4-5,7-13H,14H2,1-3H3;3-6,8-9H,1-2H3;/q2*-1;/i14D2;;. The molecule has 5 heteroatoms. The summed E-state index contributed by atoms with van der Waals surface area (Å²) in [5, 5.41) is 5.28. The summed E-state index contributed by atoms with van der Waals surface area (Å²) in [6.45, 7) is 9.82. The predicted molar refractivity (Wildman–Crippen MR) is 172 cm³/mol. The number of nitrogens with zero attached hydrogens (tertiary/aromatic N) is 2. The molecular weight excluding hydrogens is 713 g/mol. The number of furan rings is 1. The van der Waals surface area contributed by atoms with E-state index in [2.05, 4.69) is 64.7 Å². The smallest absolute Gasteiger partial charge is 0.129 e. The van der Waals surface area contributed by atoms with Crippen LogP contribution >= 0.6 is 11.3 Å². The van der Waals surface area contributed by atoms with E-state index in [0.29, 0.717) is 11.3 Å². The Morgan fingerprint density at radius 3 is 2.38 bits per heavy atom. The van der Waals surface area contributed by atoms with E-state index < -0.39 is 11.8 Å². The average molecular weight is 747 g/mol. The second kappa shape index (κ2) is 12.3. The second-order valence-corrected chi connectivity index (χ2v) is 12.2. The van der Waals surface area contributed by atoms with Crippen molar-refractivity contribution in [1.29, 1.82) is 0 Å². The Morgan fingerprint density at radius 2 is 1.64 bits per heavy atom. The molecule has 4 heterocycles. The van der Waals surface area contributed by atoms with Crippen molar-refractivity contribution in [1.82, 2.24) is 9.97 Å². The zero-order valence-electron chi connectivity index (χ0n) is 26.2. The van der Waals surface area contributed by atoms with Crippen molar-refractivity contribution in [2.45, 2.75) is 41.0 Å². The number of thiophene rings is 1. The predicted octanol–water partition coefficient (Wildman–Crippen LogP) is 10.4. The Morgan fingerprint density at radius 1 is 0.833 bits per heavy atom.